The molecule has 2 heterocycles. The molecule has 120 valence electrons. The molecule has 3 rings (SSSR count). The SMILES string of the molecule is Cc1nccc(-c2ccc(C(=O)O)c(Cl)c2)c1-c1ccc(N)nc1. The molecule has 6 heteroatoms. The lowest BCUT2D eigenvalue weighted by Gasteiger charge is -2.13. The van der Waals surface area contributed by atoms with E-state index in [2.05, 4.69) is 9.97 Å². The van der Waals surface area contributed by atoms with E-state index >= 15 is 0 Å². The van der Waals surface area contributed by atoms with Gasteiger partial charge >= 0.3 is 5.97 Å². The van der Waals surface area contributed by atoms with E-state index in [0.717, 1.165) is 27.9 Å². The van der Waals surface area contributed by atoms with E-state index in [1.165, 1.54) is 6.07 Å². The Kier molecular flexibility index (Phi) is 4.18. The lowest BCUT2D eigenvalue weighted by atomic mass is 9.94. The van der Waals surface area contributed by atoms with E-state index in [4.69, 9.17) is 22.4 Å². The molecule has 0 spiro atoms. The van der Waals surface area contributed by atoms with Gasteiger partial charge in [-0.1, -0.05) is 17.7 Å². The molecule has 0 atom stereocenters. The molecule has 0 radical (unpaired) electrons. The first-order valence-electron chi connectivity index (χ1n) is 7.18. The fourth-order valence-corrected chi connectivity index (χ4v) is 2.84. The molecule has 5 nitrogen and oxygen atoms in total. The van der Waals surface area contributed by atoms with Crippen LogP contribution in [0.3, 0.4) is 0 Å². The normalized spacial score (nSPS) is 10.6. The number of nitrogens with two attached hydrogens (primary N) is 1. The smallest absolute Gasteiger partial charge is 0.337 e. The first kappa shape index (κ1) is 16.0. The molecule has 0 aliphatic carbocycles. The third-order valence-electron chi connectivity index (χ3n) is 3.73. The molecule has 0 fully saturated rings. The molecule has 0 bridgehead atoms. The van der Waals surface area contributed by atoms with Gasteiger partial charge in [-0.3, -0.25) is 4.98 Å². The van der Waals surface area contributed by atoms with Crippen LogP contribution >= 0.6 is 11.6 Å². The van der Waals surface area contributed by atoms with Crippen molar-refractivity contribution in [3.63, 3.8) is 0 Å². The Bertz CT molecular complexity index is 924. The predicted molar refractivity (Wildman–Crippen MR) is 94.0 cm³/mol. The maximum atomic E-state index is 11.1. The summed E-state index contributed by atoms with van der Waals surface area (Å²) in [5.74, 6) is -0.615. The molecule has 0 saturated carbocycles. The number of nitrogens with zero attached hydrogens (tertiary/aromatic N) is 2. The molecule has 2 aromatic heterocycles. The first-order chi connectivity index (χ1) is 11.5. The summed E-state index contributed by atoms with van der Waals surface area (Å²) in [7, 11) is 0. The highest BCUT2D eigenvalue weighted by atomic mass is 35.5. The van der Waals surface area contributed by atoms with E-state index in [9.17, 15) is 4.79 Å². The van der Waals surface area contributed by atoms with Gasteiger partial charge < -0.3 is 10.8 Å². The molecular formula is C18H14ClN3O2. The Morgan fingerprint density at radius 2 is 1.88 bits per heavy atom. The number of aromatic carboxylic acids is 1. The van der Waals surface area contributed by atoms with Gasteiger partial charge in [-0.2, -0.15) is 0 Å². The second kappa shape index (κ2) is 6.29. The van der Waals surface area contributed by atoms with Crippen LogP contribution < -0.4 is 5.73 Å². The summed E-state index contributed by atoms with van der Waals surface area (Å²) in [6.07, 6.45) is 3.40. The number of rotatable bonds is 3. The number of nitrogen functional groups attached to an aromatic ring is 1. The summed E-state index contributed by atoms with van der Waals surface area (Å²) in [4.78, 5) is 19.6. The Hall–Kier alpha value is -2.92. The lowest BCUT2D eigenvalue weighted by Crippen LogP contribution is -1.98. The zero-order valence-corrected chi connectivity index (χ0v) is 13.6. The van der Waals surface area contributed by atoms with Gasteiger partial charge in [0.25, 0.3) is 0 Å². The van der Waals surface area contributed by atoms with Gasteiger partial charge in [0, 0.05) is 29.2 Å². The van der Waals surface area contributed by atoms with Crippen molar-refractivity contribution in [1.29, 1.82) is 0 Å². The number of carboxylic acid groups (broad SMARTS) is 1. The monoisotopic (exact) mass is 339 g/mol. The average Bonchev–Trinajstić information content (AvgIpc) is 2.55. The number of benzene rings is 1. The van der Waals surface area contributed by atoms with Crippen molar-refractivity contribution in [1.82, 2.24) is 9.97 Å². The summed E-state index contributed by atoms with van der Waals surface area (Å²) in [6, 6.07) is 10.4. The van der Waals surface area contributed by atoms with E-state index in [0.29, 0.717) is 5.82 Å². The van der Waals surface area contributed by atoms with Crippen molar-refractivity contribution in [2.24, 2.45) is 0 Å². The Morgan fingerprint density at radius 1 is 1.12 bits per heavy atom. The second-order valence-corrected chi connectivity index (χ2v) is 5.70. The summed E-state index contributed by atoms with van der Waals surface area (Å²) in [5, 5.41) is 9.31. The first-order valence-corrected chi connectivity index (χ1v) is 7.56. The Labute approximate surface area is 143 Å². The molecule has 24 heavy (non-hydrogen) atoms. The van der Waals surface area contributed by atoms with Crippen LogP contribution in [-0.2, 0) is 0 Å². The number of pyridine rings is 2. The van der Waals surface area contributed by atoms with Crippen molar-refractivity contribution < 1.29 is 9.90 Å². The molecular weight excluding hydrogens is 326 g/mol. The van der Waals surface area contributed by atoms with Gasteiger partial charge in [-0.15, -0.1) is 0 Å². The van der Waals surface area contributed by atoms with Crippen molar-refractivity contribution in [3.05, 3.63) is 65.1 Å². The van der Waals surface area contributed by atoms with Crippen molar-refractivity contribution in [2.75, 3.05) is 5.73 Å². The van der Waals surface area contributed by atoms with Crippen LogP contribution in [0, 0.1) is 6.92 Å². The van der Waals surface area contributed by atoms with Crippen LogP contribution in [-0.4, -0.2) is 21.0 Å². The summed E-state index contributed by atoms with van der Waals surface area (Å²) >= 11 is 6.11. The van der Waals surface area contributed by atoms with Crippen LogP contribution in [0.2, 0.25) is 5.02 Å². The van der Waals surface area contributed by atoms with Gasteiger partial charge in [-0.05, 0) is 48.4 Å². The van der Waals surface area contributed by atoms with Gasteiger partial charge in [0.2, 0.25) is 0 Å². The number of carboxylic acids is 1. The van der Waals surface area contributed by atoms with Crippen LogP contribution in [0.5, 0.6) is 0 Å². The number of anilines is 1. The van der Waals surface area contributed by atoms with E-state index in [1.807, 2.05) is 19.1 Å². The van der Waals surface area contributed by atoms with Crippen LogP contribution in [0.1, 0.15) is 16.1 Å². The zero-order valence-electron chi connectivity index (χ0n) is 12.8. The van der Waals surface area contributed by atoms with E-state index in [1.54, 1.807) is 30.6 Å². The minimum Gasteiger partial charge on any atom is -0.478 e. The number of hydrogen-bond acceptors (Lipinski definition) is 4. The molecule has 0 saturated heterocycles. The van der Waals surface area contributed by atoms with Crippen LogP contribution in [0.4, 0.5) is 5.82 Å². The van der Waals surface area contributed by atoms with Gasteiger partial charge in [-0.25, -0.2) is 9.78 Å². The maximum absolute atomic E-state index is 11.1. The molecule has 0 unspecified atom stereocenters. The highest BCUT2D eigenvalue weighted by Crippen LogP contribution is 2.35. The summed E-state index contributed by atoms with van der Waals surface area (Å²) in [5.41, 5.74) is 10.0. The molecule has 3 aromatic rings. The standard InChI is InChI=1S/C18H14ClN3O2/c1-10-17(12-3-5-16(20)22-9-12)13(6-7-21-10)11-2-4-14(18(23)24)15(19)8-11/h2-9H,1H3,(H2,20,22)(H,23,24). The minimum atomic E-state index is -1.06. The van der Waals surface area contributed by atoms with E-state index < -0.39 is 5.97 Å². The molecule has 3 N–H and O–H groups in total. The fourth-order valence-electron chi connectivity index (χ4n) is 2.58. The van der Waals surface area contributed by atoms with Crippen molar-refractivity contribution >= 4 is 23.4 Å². The maximum Gasteiger partial charge on any atom is 0.337 e. The highest BCUT2D eigenvalue weighted by molar-refractivity contribution is 6.33. The molecule has 0 aliphatic rings. The zero-order chi connectivity index (χ0) is 17.3. The van der Waals surface area contributed by atoms with Gasteiger partial charge in [0.1, 0.15) is 5.82 Å². The summed E-state index contributed by atoms with van der Waals surface area (Å²) < 4.78 is 0. The third-order valence-corrected chi connectivity index (χ3v) is 4.04. The third kappa shape index (κ3) is 2.94. The van der Waals surface area contributed by atoms with Crippen molar-refractivity contribution in [2.45, 2.75) is 6.92 Å². The number of aromatic nitrogens is 2. The average molecular weight is 340 g/mol. The summed E-state index contributed by atoms with van der Waals surface area (Å²) in [6.45, 7) is 1.91. The van der Waals surface area contributed by atoms with Crippen LogP contribution in [0.15, 0.2) is 48.8 Å². The molecule has 0 aliphatic heterocycles. The number of carbonyl (C=O) groups is 1. The minimum absolute atomic E-state index is 0.0712. The topological polar surface area (TPSA) is 89.1 Å². The largest absolute Gasteiger partial charge is 0.478 e. The van der Waals surface area contributed by atoms with E-state index in [-0.39, 0.29) is 10.6 Å². The second-order valence-electron chi connectivity index (χ2n) is 5.29. The van der Waals surface area contributed by atoms with Crippen molar-refractivity contribution in [3.8, 4) is 22.3 Å². The number of hydrogen-bond donors (Lipinski definition) is 2. The fraction of sp³-hybridized carbons (Fsp3) is 0.0556. The molecule has 0 amide bonds. The number of halogens is 1. The van der Waals surface area contributed by atoms with Gasteiger partial charge in [0.05, 0.1) is 10.6 Å². The highest BCUT2D eigenvalue weighted by Gasteiger charge is 2.14. The number of aryl methyl sites for hydroxylation is 1. The quantitative estimate of drug-likeness (QED) is 0.751. The Balaban J connectivity index is 2.19. The predicted octanol–water partition coefficient (Wildman–Crippen LogP) is 4.05. The van der Waals surface area contributed by atoms with Crippen LogP contribution in [0.25, 0.3) is 22.3 Å². The lowest BCUT2D eigenvalue weighted by molar-refractivity contribution is 0.0697. The van der Waals surface area contributed by atoms with Gasteiger partial charge in [0.15, 0.2) is 0 Å². The molecule has 1 aromatic carbocycles. The Morgan fingerprint density at radius 3 is 2.50 bits per heavy atom.